The van der Waals surface area contributed by atoms with Crippen LogP contribution in [0.15, 0.2) is 96.6 Å². The van der Waals surface area contributed by atoms with Crippen LogP contribution in [0.1, 0.15) is 21.5 Å². The third-order valence-electron chi connectivity index (χ3n) is 5.94. The predicted octanol–water partition coefficient (Wildman–Crippen LogP) is 5.28. The zero-order chi connectivity index (χ0) is 25.3. The fourth-order valence-corrected chi connectivity index (χ4v) is 3.95. The Balaban J connectivity index is 1.49. The van der Waals surface area contributed by atoms with E-state index in [2.05, 4.69) is 58.8 Å². The third kappa shape index (κ3) is 6.50. The molecule has 0 aliphatic rings. The van der Waals surface area contributed by atoms with Crippen molar-refractivity contribution in [3.8, 4) is 5.75 Å². The first kappa shape index (κ1) is 25.0. The average molecular weight is 482 g/mol. The number of amides is 1. The number of nitrogens with one attached hydrogen (secondary N) is 2. The van der Waals surface area contributed by atoms with Gasteiger partial charge in [-0.15, -0.1) is 0 Å². The number of carbonyl (C=O) groups is 1. The number of carbonyl (C=O) groups excluding carboxylic acids is 1. The van der Waals surface area contributed by atoms with Crippen molar-refractivity contribution in [2.75, 3.05) is 32.1 Å². The van der Waals surface area contributed by atoms with Crippen molar-refractivity contribution < 1.29 is 14.7 Å². The molecule has 4 aromatic rings. The molecule has 0 aromatic heterocycles. The highest BCUT2D eigenvalue weighted by Crippen LogP contribution is 2.25. The first-order chi connectivity index (χ1) is 17.5. The number of hydrogen-bond acceptors (Lipinski definition) is 5. The second-order valence-corrected chi connectivity index (χ2v) is 8.80. The molecular weight excluding hydrogens is 450 g/mol. The van der Waals surface area contributed by atoms with E-state index in [9.17, 15) is 4.79 Å². The molecule has 0 heterocycles. The predicted molar refractivity (Wildman–Crippen MR) is 146 cm³/mol. The molecular formula is C30H31N3O3. The molecule has 0 aliphatic carbocycles. The van der Waals surface area contributed by atoms with E-state index in [0.717, 1.165) is 34.2 Å². The molecule has 1 amide bonds. The molecule has 0 bridgehead atoms. The smallest absolute Gasteiger partial charge is 0.274 e. The van der Waals surface area contributed by atoms with Gasteiger partial charge in [0.05, 0.1) is 0 Å². The Hall–Kier alpha value is -4.13. The Bertz CT molecular complexity index is 1320. The zero-order valence-corrected chi connectivity index (χ0v) is 20.6. The molecule has 0 aliphatic heterocycles. The first-order valence-electron chi connectivity index (χ1n) is 11.8. The standard InChI is InChI=1S/C30H31N3O3/c1-33(2)27-16-12-23(13-17-27)19-31-20-24(18-22-10-14-26(15-11-22)30(34)32-35)21-36-29-9-5-7-25-6-3-4-8-28(25)29/h3-18,31,35H,19-21H2,1-2H3,(H,32,34)/b24-18-. The van der Waals surface area contributed by atoms with Crippen LogP contribution < -0.4 is 20.4 Å². The molecule has 4 rings (SSSR count). The number of nitrogens with zero attached hydrogens (tertiary/aromatic N) is 1. The van der Waals surface area contributed by atoms with E-state index in [-0.39, 0.29) is 0 Å². The van der Waals surface area contributed by atoms with Crippen molar-refractivity contribution >= 4 is 28.4 Å². The maximum absolute atomic E-state index is 11.6. The van der Waals surface area contributed by atoms with Gasteiger partial charge in [0.25, 0.3) is 5.91 Å². The first-order valence-corrected chi connectivity index (χ1v) is 11.8. The number of benzene rings is 4. The van der Waals surface area contributed by atoms with E-state index in [0.29, 0.717) is 18.7 Å². The minimum atomic E-state index is -0.535. The Labute approximate surface area is 211 Å². The van der Waals surface area contributed by atoms with Crippen LogP contribution in [-0.2, 0) is 6.54 Å². The molecule has 3 N–H and O–H groups in total. The summed E-state index contributed by atoms with van der Waals surface area (Å²) in [5.41, 5.74) is 6.43. The molecule has 36 heavy (non-hydrogen) atoms. The largest absolute Gasteiger partial charge is 0.489 e. The SMILES string of the molecule is CN(C)c1ccc(CNC/C(=C/c2ccc(C(=O)NO)cc2)COc2cccc3ccccc23)cc1. The van der Waals surface area contributed by atoms with Crippen LogP contribution in [0.3, 0.4) is 0 Å². The number of hydroxylamine groups is 1. The van der Waals surface area contributed by atoms with Gasteiger partial charge in [0.15, 0.2) is 0 Å². The Morgan fingerprint density at radius 2 is 1.64 bits per heavy atom. The normalized spacial score (nSPS) is 11.4. The van der Waals surface area contributed by atoms with Gasteiger partial charge >= 0.3 is 0 Å². The number of fused-ring (bicyclic) bond motifs is 1. The molecule has 0 saturated carbocycles. The van der Waals surface area contributed by atoms with Crippen LogP contribution in [0.4, 0.5) is 5.69 Å². The monoisotopic (exact) mass is 481 g/mol. The molecule has 0 spiro atoms. The van der Waals surface area contributed by atoms with Crippen LogP contribution in [0.25, 0.3) is 16.8 Å². The Morgan fingerprint density at radius 1 is 0.917 bits per heavy atom. The lowest BCUT2D eigenvalue weighted by Crippen LogP contribution is -2.20. The van der Waals surface area contributed by atoms with Crippen LogP contribution >= 0.6 is 0 Å². The van der Waals surface area contributed by atoms with E-state index in [1.165, 1.54) is 11.3 Å². The molecule has 0 radical (unpaired) electrons. The summed E-state index contributed by atoms with van der Waals surface area (Å²) >= 11 is 0. The van der Waals surface area contributed by atoms with Gasteiger partial charge in [-0.25, -0.2) is 5.48 Å². The van der Waals surface area contributed by atoms with Crippen LogP contribution in [-0.4, -0.2) is 38.4 Å². The van der Waals surface area contributed by atoms with Gasteiger partial charge in [-0.1, -0.05) is 66.7 Å². The van der Waals surface area contributed by atoms with Gasteiger partial charge in [-0.05, 0) is 52.4 Å². The van der Waals surface area contributed by atoms with Crippen LogP contribution in [0.2, 0.25) is 0 Å². The summed E-state index contributed by atoms with van der Waals surface area (Å²) < 4.78 is 6.27. The van der Waals surface area contributed by atoms with Crippen molar-refractivity contribution in [2.45, 2.75) is 6.54 Å². The summed E-state index contributed by atoms with van der Waals surface area (Å²) in [6.45, 7) is 1.79. The van der Waals surface area contributed by atoms with Gasteiger partial charge in [-0.3, -0.25) is 10.0 Å². The number of hydrogen-bond donors (Lipinski definition) is 3. The highest BCUT2D eigenvalue weighted by atomic mass is 16.5. The lowest BCUT2D eigenvalue weighted by Gasteiger charge is -2.15. The van der Waals surface area contributed by atoms with E-state index in [1.807, 2.05) is 50.5 Å². The van der Waals surface area contributed by atoms with E-state index in [1.54, 1.807) is 17.6 Å². The quantitative estimate of drug-likeness (QED) is 0.212. The van der Waals surface area contributed by atoms with Gasteiger partial charge in [-0.2, -0.15) is 0 Å². The minimum absolute atomic E-state index is 0.391. The highest BCUT2D eigenvalue weighted by Gasteiger charge is 2.07. The van der Waals surface area contributed by atoms with Gasteiger partial charge in [0.1, 0.15) is 12.4 Å². The van der Waals surface area contributed by atoms with Gasteiger partial charge < -0.3 is 15.0 Å². The minimum Gasteiger partial charge on any atom is -0.489 e. The van der Waals surface area contributed by atoms with Crippen molar-refractivity contribution in [1.29, 1.82) is 0 Å². The second-order valence-electron chi connectivity index (χ2n) is 8.80. The summed E-state index contributed by atoms with van der Waals surface area (Å²) in [5.74, 6) is 0.306. The second kappa shape index (κ2) is 12.0. The lowest BCUT2D eigenvalue weighted by molar-refractivity contribution is 0.0706. The summed E-state index contributed by atoms with van der Waals surface area (Å²) in [6, 6.07) is 29.8. The number of ether oxygens (including phenoxy) is 1. The molecule has 0 saturated heterocycles. The molecule has 0 fully saturated rings. The maximum atomic E-state index is 11.6. The van der Waals surface area contributed by atoms with Gasteiger partial charge in [0, 0.05) is 43.8 Å². The van der Waals surface area contributed by atoms with Gasteiger partial charge in [0.2, 0.25) is 0 Å². The summed E-state index contributed by atoms with van der Waals surface area (Å²) in [7, 11) is 4.06. The number of rotatable bonds is 10. The summed E-state index contributed by atoms with van der Waals surface area (Å²) in [6.07, 6.45) is 2.06. The molecule has 6 nitrogen and oxygen atoms in total. The molecule has 6 heteroatoms. The van der Waals surface area contributed by atoms with E-state index in [4.69, 9.17) is 9.94 Å². The summed E-state index contributed by atoms with van der Waals surface area (Å²) in [5, 5.41) is 14.6. The maximum Gasteiger partial charge on any atom is 0.274 e. The number of anilines is 1. The molecule has 0 unspecified atom stereocenters. The van der Waals surface area contributed by atoms with Crippen molar-refractivity contribution in [1.82, 2.24) is 10.8 Å². The van der Waals surface area contributed by atoms with Crippen molar-refractivity contribution in [3.05, 3.63) is 113 Å². The lowest BCUT2D eigenvalue weighted by atomic mass is 10.1. The van der Waals surface area contributed by atoms with E-state index >= 15 is 0 Å². The molecule has 0 atom stereocenters. The molecule has 4 aromatic carbocycles. The zero-order valence-electron chi connectivity index (χ0n) is 20.6. The Morgan fingerprint density at radius 3 is 2.36 bits per heavy atom. The highest BCUT2D eigenvalue weighted by molar-refractivity contribution is 5.93. The fourth-order valence-electron chi connectivity index (χ4n) is 3.95. The third-order valence-corrected chi connectivity index (χ3v) is 5.94. The topological polar surface area (TPSA) is 73.8 Å². The van der Waals surface area contributed by atoms with Crippen molar-refractivity contribution in [3.63, 3.8) is 0 Å². The Kier molecular flexibility index (Phi) is 8.34. The van der Waals surface area contributed by atoms with E-state index < -0.39 is 5.91 Å². The molecule has 184 valence electrons. The fraction of sp³-hybridized carbons (Fsp3) is 0.167. The van der Waals surface area contributed by atoms with Crippen molar-refractivity contribution in [2.24, 2.45) is 0 Å². The van der Waals surface area contributed by atoms with Crippen LogP contribution in [0, 0.1) is 0 Å². The average Bonchev–Trinajstić information content (AvgIpc) is 2.91. The van der Waals surface area contributed by atoms with Crippen LogP contribution in [0.5, 0.6) is 5.75 Å². The summed E-state index contributed by atoms with van der Waals surface area (Å²) in [4.78, 5) is 13.7.